The van der Waals surface area contributed by atoms with Gasteiger partial charge in [-0.15, -0.1) is 0 Å². The average molecular weight is 307 g/mol. The second kappa shape index (κ2) is 4.43. The van der Waals surface area contributed by atoms with Gasteiger partial charge in [0.1, 0.15) is 5.76 Å². The molecule has 0 spiro atoms. The number of hydrogen-bond donors (Lipinski definition) is 1. The van der Waals surface area contributed by atoms with Crippen LogP contribution in [0.2, 0.25) is 0 Å². The molecule has 0 bridgehead atoms. The Morgan fingerprint density at radius 2 is 2.11 bits per heavy atom. The highest BCUT2D eigenvalue weighted by Crippen LogP contribution is 2.47. The molecule has 2 aromatic rings. The summed E-state index contributed by atoms with van der Waals surface area (Å²) in [5.41, 5.74) is 7.98. The van der Waals surface area contributed by atoms with Crippen molar-refractivity contribution in [1.82, 2.24) is 5.16 Å². The molecule has 2 N–H and O–H groups in total. The molecule has 1 heterocycles. The number of aromatic nitrogens is 1. The maximum absolute atomic E-state index is 5.97. The summed E-state index contributed by atoms with van der Waals surface area (Å²) < 4.78 is 6.49. The number of nitrogens with two attached hydrogens (primary N) is 1. The van der Waals surface area contributed by atoms with Gasteiger partial charge in [-0.1, -0.05) is 46.2 Å². The Labute approximate surface area is 114 Å². The molecule has 94 valence electrons. The molecular weight excluding hydrogens is 292 g/mol. The van der Waals surface area contributed by atoms with Crippen LogP contribution in [0.4, 0.5) is 5.82 Å². The summed E-state index contributed by atoms with van der Waals surface area (Å²) >= 11 is 3.56. The van der Waals surface area contributed by atoms with Gasteiger partial charge in [-0.25, -0.2) is 0 Å². The van der Waals surface area contributed by atoms with Gasteiger partial charge in [-0.05, 0) is 24.8 Å². The first-order valence-corrected chi connectivity index (χ1v) is 6.97. The first-order chi connectivity index (χ1) is 8.68. The van der Waals surface area contributed by atoms with Gasteiger partial charge in [0.25, 0.3) is 0 Å². The number of benzene rings is 1. The molecule has 0 aliphatic heterocycles. The molecule has 3 nitrogen and oxygen atoms in total. The number of hydrogen-bond acceptors (Lipinski definition) is 3. The zero-order valence-electron chi connectivity index (χ0n) is 10.2. The lowest BCUT2D eigenvalue weighted by Crippen LogP contribution is -1.97. The SMILES string of the molecule is CC(c1onc(N)c1-c1ccccc1Br)C1CC1. The molecule has 1 saturated carbocycles. The van der Waals surface area contributed by atoms with E-state index in [0.29, 0.717) is 11.7 Å². The van der Waals surface area contributed by atoms with Gasteiger partial charge in [0.2, 0.25) is 0 Å². The summed E-state index contributed by atoms with van der Waals surface area (Å²) in [6.07, 6.45) is 2.55. The van der Waals surface area contributed by atoms with Gasteiger partial charge < -0.3 is 10.3 Å². The van der Waals surface area contributed by atoms with Crippen LogP contribution in [0.15, 0.2) is 33.3 Å². The molecule has 1 fully saturated rings. The fourth-order valence-corrected chi connectivity index (χ4v) is 2.85. The van der Waals surface area contributed by atoms with Gasteiger partial charge in [0.05, 0.1) is 5.56 Å². The lowest BCUT2D eigenvalue weighted by molar-refractivity contribution is 0.358. The van der Waals surface area contributed by atoms with Gasteiger partial charge in [0, 0.05) is 16.0 Å². The van der Waals surface area contributed by atoms with Crippen molar-refractivity contribution in [3.63, 3.8) is 0 Å². The third-order valence-electron chi connectivity index (χ3n) is 3.63. The van der Waals surface area contributed by atoms with Crippen molar-refractivity contribution >= 4 is 21.7 Å². The zero-order valence-corrected chi connectivity index (χ0v) is 11.8. The highest BCUT2D eigenvalue weighted by atomic mass is 79.9. The van der Waals surface area contributed by atoms with E-state index in [1.165, 1.54) is 12.8 Å². The highest BCUT2D eigenvalue weighted by Gasteiger charge is 2.34. The Hall–Kier alpha value is -1.29. The number of halogens is 1. The maximum Gasteiger partial charge on any atom is 0.175 e. The van der Waals surface area contributed by atoms with Gasteiger partial charge in [-0.3, -0.25) is 0 Å². The fourth-order valence-electron chi connectivity index (χ4n) is 2.37. The Morgan fingerprint density at radius 3 is 2.78 bits per heavy atom. The normalized spacial score (nSPS) is 16.8. The molecule has 4 heteroatoms. The number of anilines is 1. The first kappa shape index (κ1) is 11.8. The molecule has 1 aliphatic carbocycles. The summed E-state index contributed by atoms with van der Waals surface area (Å²) in [5, 5.41) is 3.95. The van der Waals surface area contributed by atoms with Crippen LogP contribution in [-0.4, -0.2) is 5.16 Å². The predicted octanol–water partition coefficient (Wildman–Crippen LogP) is 4.20. The zero-order chi connectivity index (χ0) is 12.7. The van der Waals surface area contributed by atoms with Crippen LogP contribution in [0, 0.1) is 5.92 Å². The van der Waals surface area contributed by atoms with E-state index in [9.17, 15) is 0 Å². The second-order valence-corrected chi connectivity index (χ2v) is 5.77. The van der Waals surface area contributed by atoms with E-state index in [-0.39, 0.29) is 0 Å². The van der Waals surface area contributed by atoms with E-state index in [4.69, 9.17) is 10.3 Å². The molecule has 0 saturated heterocycles. The third kappa shape index (κ3) is 1.94. The maximum atomic E-state index is 5.97. The van der Waals surface area contributed by atoms with E-state index < -0.39 is 0 Å². The molecule has 18 heavy (non-hydrogen) atoms. The summed E-state index contributed by atoms with van der Waals surface area (Å²) in [5.74, 6) is 2.50. The molecule has 1 aromatic carbocycles. The van der Waals surface area contributed by atoms with Crippen LogP contribution in [0.3, 0.4) is 0 Å². The van der Waals surface area contributed by atoms with E-state index in [0.717, 1.165) is 27.3 Å². The molecule has 1 aromatic heterocycles. The van der Waals surface area contributed by atoms with E-state index >= 15 is 0 Å². The molecule has 1 unspecified atom stereocenters. The molecular formula is C14H15BrN2O. The minimum atomic E-state index is 0.386. The van der Waals surface area contributed by atoms with Crippen molar-refractivity contribution in [2.75, 3.05) is 5.73 Å². The Kier molecular flexibility index (Phi) is 2.90. The summed E-state index contributed by atoms with van der Waals surface area (Å²) in [6, 6.07) is 8.03. The second-order valence-electron chi connectivity index (χ2n) is 4.91. The quantitative estimate of drug-likeness (QED) is 0.924. The smallest absolute Gasteiger partial charge is 0.175 e. The van der Waals surface area contributed by atoms with Crippen molar-refractivity contribution in [3.8, 4) is 11.1 Å². The Morgan fingerprint density at radius 1 is 1.39 bits per heavy atom. The Balaban J connectivity index is 2.11. The number of nitrogen functional groups attached to an aromatic ring is 1. The average Bonchev–Trinajstić information content (AvgIpc) is 3.14. The van der Waals surface area contributed by atoms with Gasteiger partial charge in [-0.2, -0.15) is 0 Å². The monoisotopic (exact) mass is 306 g/mol. The van der Waals surface area contributed by atoms with E-state index in [1.54, 1.807) is 0 Å². The van der Waals surface area contributed by atoms with E-state index in [2.05, 4.69) is 28.0 Å². The Bertz CT molecular complexity index is 575. The van der Waals surface area contributed by atoms with Crippen LogP contribution in [0.5, 0.6) is 0 Å². The van der Waals surface area contributed by atoms with Crippen LogP contribution < -0.4 is 5.73 Å². The van der Waals surface area contributed by atoms with Gasteiger partial charge >= 0.3 is 0 Å². The molecule has 1 atom stereocenters. The summed E-state index contributed by atoms with van der Waals surface area (Å²) in [4.78, 5) is 0. The number of rotatable bonds is 3. The minimum Gasteiger partial charge on any atom is -0.380 e. The van der Waals surface area contributed by atoms with Crippen molar-refractivity contribution in [2.24, 2.45) is 5.92 Å². The first-order valence-electron chi connectivity index (χ1n) is 6.18. The minimum absolute atomic E-state index is 0.386. The number of nitrogens with zero attached hydrogens (tertiary/aromatic N) is 1. The standard InChI is InChI=1S/C14H15BrN2O/c1-8(9-6-7-9)13-12(14(16)17-18-13)10-4-2-3-5-11(10)15/h2-5,8-9H,6-7H2,1H3,(H2,16,17). The van der Waals surface area contributed by atoms with Crippen LogP contribution in [0.1, 0.15) is 31.4 Å². The third-order valence-corrected chi connectivity index (χ3v) is 4.32. The van der Waals surface area contributed by atoms with Crippen molar-refractivity contribution in [3.05, 3.63) is 34.5 Å². The van der Waals surface area contributed by atoms with E-state index in [1.807, 2.05) is 24.3 Å². The fraction of sp³-hybridized carbons (Fsp3) is 0.357. The lowest BCUT2D eigenvalue weighted by atomic mass is 9.95. The molecule has 0 radical (unpaired) electrons. The van der Waals surface area contributed by atoms with Crippen molar-refractivity contribution < 1.29 is 4.52 Å². The van der Waals surface area contributed by atoms with Crippen molar-refractivity contribution in [2.45, 2.75) is 25.7 Å². The molecule has 3 rings (SSSR count). The highest BCUT2D eigenvalue weighted by molar-refractivity contribution is 9.10. The van der Waals surface area contributed by atoms with Crippen LogP contribution in [-0.2, 0) is 0 Å². The van der Waals surface area contributed by atoms with Crippen LogP contribution in [0.25, 0.3) is 11.1 Å². The molecule has 0 amide bonds. The largest absolute Gasteiger partial charge is 0.380 e. The predicted molar refractivity (Wildman–Crippen MR) is 75.2 cm³/mol. The summed E-state index contributed by atoms with van der Waals surface area (Å²) in [6.45, 7) is 2.19. The summed E-state index contributed by atoms with van der Waals surface area (Å²) in [7, 11) is 0. The van der Waals surface area contributed by atoms with Crippen molar-refractivity contribution in [1.29, 1.82) is 0 Å². The van der Waals surface area contributed by atoms with Crippen LogP contribution >= 0.6 is 15.9 Å². The molecule has 1 aliphatic rings. The van der Waals surface area contributed by atoms with Gasteiger partial charge in [0.15, 0.2) is 5.82 Å². The topological polar surface area (TPSA) is 52.0 Å². The lowest BCUT2D eigenvalue weighted by Gasteiger charge is -2.10.